The lowest BCUT2D eigenvalue weighted by Gasteiger charge is -2.27. The van der Waals surface area contributed by atoms with E-state index in [2.05, 4.69) is 10.3 Å². The van der Waals surface area contributed by atoms with Crippen molar-refractivity contribution in [3.63, 3.8) is 0 Å². The second-order valence-electron chi connectivity index (χ2n) is 5.23. The summed E-state index contributed by atoms with van der Waals surface area (Å²) in [4.78, 5) is 27.3. The minimum atomic E-state index is -0.847. The second-order valence-corrected chi connectivity index (χ2v) is 5.23. The predicted molar refractivity (Wildman–Crippen MR) is 69.5 cm³/mol. The molecule has 1 saturated carbocycles. The van der Waals surface area contributed by atoms with E-state index in [1.807, 2.05) is 6.07 Å². The van der Waals surface area contributed by atoms with Gasteiger partial charge >= 0.3 is 5.97 Å². The Morgan fingerprint density at radius 1 is 1.53 bits per heavy atom. The van der Waals surface area contributed by atoms with Gasteiger partial charge < -0.3 is 10.4 Å². The molecule has 5 heteroatoms. The number of amides is 1. The summed E-state index contributed by atoms with van der Waals surface area (Å²) in [5.41, 5.74) is -0.158. The molecule has 2 N–H and O–H groups in total. The minimum Gasteiger partial charge on any atom is -0.481 e. The highest BCUT2D eigenvalue weighted by atomic mass is 16.4. The van der Waals surface area contributed by atoms with Gasteiger partial charge in [0.2, 0.25) is 5.91 Å². The summed E-state index contributed by atoms with van der Waals surface area (Å²) in [6.07, 6.45) is 3.98. The third-order valence-corrected chi connectivity index (χ3v) is 3.85. The maximum atomic E-state index is 11.9. The van der Waals surface area contributed by atoms with Gasteiger partial charge in [-0.15, -0.1) is 0 Å². The first kappa shape index (κ1) is 13.5. The Morgan fingerprint density at radius 3 is 2.95 bits per heavy atom. The van der Waals surface area contributed by atoms with Crippen molar-refractivity contribution in [1.29, 1.82) is 0 Å². The molecule has 0 aromatic carbocycles. The molecular weight excluding hydrogens is 244 g/mol. The molecule has 5 nitrogen and oxygen atoms in total. The lowest BCUT2D eigenvalue weighted by molar-refractivity contribution is -0.149. The van der Waals surface area contributed by atoms with E-state index in [0.717, 1.165) is 12.8 Å². The molecule has 1 aromatic heterocycles. The summed E-state index contributed by atoms with van der Waals surface area (Å²) in [5, 5.41) is 12.1. The lowest BCUT2D eigenvalue weighted by Crippen LogP contribution is -2.47. The maximum Gasteiger partial charge on any atom is 0.311 e. The summed E-state index contributed by atoms with van der Waals surface area (Å²) in [6, 6.07) is 5.11. The van der Waals surface area contributed by atoms with E-state index < -0.39 is 11.4 Å². The fraction of sp³-hybridized carbons (Fsp3) is 0.500. The molecule has 0 aliphatic heterocycles. The Kier molecular flexibility index (Phi) is 3.83. The lowest BCUT2D eigenvalue weighted by atomic mass is 9.85. The topological polar surface area (TPSA) is 79.3 Å². The number of nitrogens with one attached hydrogen (secondary N) is 1. The number of hydrogen-bond donors (Lipinski definition) is 2. The molecule has 1 aliphatic carbocycles. The smallest absolute Gasteiger partial charge is 0.311 e. The summed E-state index contributed by atoms with van der Waals surface area (Å²) in [7, 11) is 0. The molecule has 0 spiro atoms. The van der Waals surface area contributed by atoms with Crippen LogP contribution in [0.15, 0.2) is 24.4 Å². The van der Waals surface area contributed by atoms with Crippen LogP contribution in [0.3, 0.4) is 0 Å². The monoisotopic (exact) mass is 262 g/mol. The number of carboxylic acid groups (broad SMARTS) is 1. The normalized spacial score (nSPS) is 26.1. The molecule has 0 saturated heterocycles. The fourth-order valence-corrected chi connectivity index (χ4v) is 2.57. The van der Waals surface area contributed by atoms with Crippen LogP contribution in [0.1, 0.15) is 31.9 Å². The number of aromatic nitrogens is 1. The molecule has 1 aliphatic rings. The Balaban J connectivity index is 1.97. The molecular formula is C14H18N2O3. The van der Waals surface area contributed by atoms with E-state index in [1.54, 1.807) is 25.3 Å². The Labute approximate surface area is 112 Å². The van der Waals surface area contributed by atoms with E-state index in [0.29, 0.717) is 12.1 Å². The van der Waals surface area contributed by atoms with Crippen molar-refractivity contribution in [2.45, 2.75) is 38.6 Å². The van der Waals surface area contributed by atoms with Crippen molar-refractivity contribution in [3.05, 3.63) is 30.1 Å². The summed E-state index contributed by atoms with van der Waals surface area (Å²) >= 11 is 0. The van der Waals surface area contributed by atoms with Crippen LogP contribution < -0.4 is 5.32 Å². The summed E-state index contributed by atoms with van der Waals surface area (Å²) in [5.74, 6) is -1.01. The fourth-order valence-electron chi connectivity index (χ4n) is 2.57. The van der Waals surface area contributed by atoms with Crippen molar-refractivity contribution in [3.8, 4) is 0 Å². The number of rotatable bonds is 4. The highest BCUT2D eigenvalue weighted by Gasteiger charge is 2.45. The van der Waals surface area contributed by atoms with E-state index in [-0.39, 0.29) is 18.4 Å². The number of aliphatic carboxylic acids is 1. The van der Waals surface area contributed by atoms with E-state index in [4.69, 9.17) is 0 Å². The van der Waals surface area contributed by atoms with Crippen molar-refractivity contribution in [2.75, 3.05) is 0 Å². The van der Waals surface area contributed by atoms with Crippen LogP contribution in [0.4, 0.5) is 0 Å². The first-order valence-electron chi connectivity index (χ1n) is 6.45. The summed E-state index contributed by atoms with van der Waals surface area (Å²) < 4.78 is 0. The first-order valence-corrected chi connectivity index (χ1v) is 6.45. The van der Waals surface area contributed by atoms with Gasteiger partial charge in [-0.05, 0) is 31.9 Å². The molecule has 0 radical (unpaired) electrons. The number of carbonyl (C=O) groups is 2. The van der Waals surface area contributed by atoms with Gasteiger partial charge in [-0.3, -0.25) is 14.6 Å². The van der Waals surface area contributed by atoms with Crippen LogP contribution in [-0.4, -0.2) is 28.0 Å². The van der Waals surface area contributed by atoms with E-state index in [9.17, 15) is 14.7 Å². The standard InChI is InChI=1S/C14H18N2O3/c1-14(13(18)19)7-4-6-11(14)16-12(17)9-10-5-2-3-8-15-10/h2-3,5,8,11H,4,6-7,9H2,1H3,(H,16,17)(H,18,19). The Morgan fingerprint density at radius 2 is 2.32 bits per heavy atom. The molecule has 2 unspecified atom stereocenters. The van der Waals surface area contributed by atoms with Crippen LogP contribution >= 0.6 is 0 Å². The zero-order chi connectivity index (χ0) is 13.9. The van der Waals surface area contributed by atoms with Crippen LogP contribution in [0.25, 0.3) is 0 Å². The highest BCUT2D eigenvalue weighted by molar-refractivity contribution is 5.81. The van der Waals surface area contributed by atoms with Crippen LogP contribution in [0.5, 0.6) is 0 Å². The van der Waals surface area contributed by atoms with Crippen molar-refractivity contribution in [1.82, 2.24) is 10.3 Å². The number of carboxylic acids is 1. The van der Waals surface area contributed by atoms with Crippen LogP contribution in [0, 0.1) is 5.41 Å². The van der Waals surface area contributed by atoms with Gasteiger partial charge in [-0.1, -0.05) is 12.5 Å². The molecule has 1 amide bonds. The van der Waals surface area contributed by atoms with Gasteiger partial charge in [-0.25, -0.2) is 0 Å². The average molecular weight is 262 g/mol. The SMILES string of the molecule is CC1(C(=O)O)CCCC1NC(=O)Cc1ccccn1. The molecule has 19 heavy (non-hydrogen) atoms. The highest BCUT2D eigenvalue weighted by Crippen LogP contribution is 2.38. The summed E-state index contributed by atoms with van der Waals surface area (Å²) in [6.45, 7) is 1.70. The van der Waals surface area contributed by atoms with Crippen LogP contribution in [0.2, 0.25) is 0 Å². The quantitative estimate of drug-likeness (QED) is 0.859. The van der Waals surface area contributed by atoms with Crippen molar-refractivity contribution >= 4 is 11.9 Å². The number of carbonyl (C=O) groups excluding carboxylic acids is 1. The average Bonchev–Trinajstić information content (AvgIpc) is 2.73. The number of nitrogens with zero attached hydrogens (tertiary/aromatic N) is 1. The third-order valence-electron chi connectivity index (χ3n) is 3.85. The third kappa shape index (κ3) is 2.92. The molecule has 1 fully saturated rings. The molecule has 1 heterocycles. The molecule has 1 aromatic rings. The van der Waals surface area contributed by atoms with Crippen molar-refractivity contribution < 1.29 is 14.7 Å². The van der Waals surface area contributed by atoms with E-state index in [1.165, 1.54) is 0 Å². The van der Waals surface area contributed by atoms with Gasteiger partial charge in [0.25, 0.3) is 0 Å². The zero-order valence-corrected chi connectivity index (χ0v) is 10.9. The van der Waals surface area contributed by atoms with Gasteiger partial charge in [0.1, 0.15) is 0 Å². The largest absolute Gasteiger partial charge is 0.481 e. The van der Waals surface area contributed by atoms with Gasteiger partial charge in [0.05, 0.1) is 11.8 Å². The minimum absolute atomic E-state index is 0.168. The van der Waals surface area contributed by atoms with Gasteiger partial charge in [0, 0.05) is 17.9 Å². The Hall–Kier alpha value is -1.91. The first-order chi connectivity index (χ1) is 9.02. The van der Waals surface area contributed by atoms with Crippen molar-refractivity contribution in [2.24, 2.45) is 5.41 Å². The molecule has 2 rings (SSSR count). The predicted octanol–water partition coefficient (Wildman–Crippen LogP) is 1.38. The molecule has 0 bridgehead atoms. The molecule has 2 atom stereocenters. The van der Waals surface area contributed by atoms with E-state index >= 15 is 0 Å². The zero-order valence-electron chi connectivity index (χ0n) is 10.9. The van der Waals surface area contributed by atoms with Gasteiger partial charge in [-0.2, -0.15) is 0 Å². The molecule has 102 valence electrons. The maximum absolute atomic E-state index is 11.9. The second kappa shape index (κ2) is 5.38. The Bertz CT molecular complexity index is 475. The number of pyridine rings is 1. The van der Waals surface area contributed by atoms with Crippen LogP contribution in [-0.2, 0) is 16.0 Å². The number of hydrogen-bond acceptors (Lipinski definition) is 3. The van der Waals surface area contributed by atoms with Gasteiger partial charge in [0.15, 0.2) is 0 Å².